The lowest BCUT2D eigenvalue weighted by Crippen LogP contribution is -2.42. The average Bonchev–Trinajstić information content (AvgIpc) is 2.29. The van der Waals surface area contributed by atoms with Gasteiger partial charge < -0.3 is 19.1 Å². The summed E-state index contributed by atoms with van der Waals surface area (Å²) < 4.78 is 5.72. The Morgan fingerprint density at radius 1 is 1.39 bits per heavy atom. The Hall–Kier alpha value is -1.62. The van der Waals surface area contributed by atoms with Crippen molar-refractivity contribution in [2.75, 3.05) is 33.8 Å². The fourth-order valence-corrected chi connectivity index (χ4v) is 0.610. The van der Waals surface area contributed by atoms with Gasteiger partial charge in [0.2, 0.25) is 0 Å². The van der Waals surface area contributed by atoms with Crippen LogP contribution in [0, 0.1) is 0 Å². The summed E-state index contributed by atoms with van der Waals surface area (Å²) in [7, 11) is 4.20. The predicted molar refractivity (Wildman–Crippen MR) is 68.5 cm³/mol. The molecule has 0 saturated carbocycles. The second-order valence-electron chi connectivity index (χ2n) is 4.41. The van der Waals surface area contributed by atoms with Crippen LogP contribution in [0.2, 0.25) is 0 Å². The smallest absolute Gasteiger partial charge is 0.330 e. The van der Waals surface area contributed by atoms with Gasteiger partial charge in [-0.3, -0.25) is 0 Å². The summed E-state index contributed by atoms with van der Waals surface area (Å²) in [4.78, 5) is 20.1. The Labute approximate surface area is 109 Å². The fraction of sp³-hybridized carbons (Fsp3) is 0.538. The first-order valence-electron chi connectivity index (χ1n) is 5.64. The molecule has 0 saturated heterocycles. The number of esters is 1. The van der Waals surface area contributed by atoms with E-state index in [2.05, 4.69) is 34.2 Å². The molecule has 0 aliphatic rings. The first kappa shape index (κ1) is 18.7. The molecular weight excluding hydrogens is 234 g/mol. The SMILES string of the molecule is C=C(C)C(=O)[O-].C=CC(=O)OCC[N+](C)(C)CC. The predicted octanol–water partition coefficient (Wildman–Crippen LogP) is 0.124. The lowest BCUT2D eigenvalue weighted by molar-refractivity contribution is -0.888. The largest absolute Gasteiger partial charge is 0.545 e. The van der Waals surface area contributed by atoms with Crippen molar-refractivity contribution in [1.29, 1.82) is 0 Å². The molecule has 5 nitrogen and oxygen atoms in total. The highest BCUT2D eigenvalue weighted by Gasteiger charge is 2.11. The third-order valence-electron chi connectivity index (χ3n) is 2.31. The van der Waals surface area contributed by atoms with Crippen LogP contribution in [-0.2, 0) is 14.3 Å². The number of quaternary nitrogens is 1. The normalized spacial score (nSPS) is 9.78. The number of likely N-dealkylation sites (N-methyl/N-ethyl adjacent to an activating group) is 1. The number of aliphatic carboxylic acids is 1. The molecule has 0 N–H and O–H groups in total. The summed E-state index contributed by atoms with van der Waals surface area (Å²) in [5.74, 6) is -1.53. The van der Waals surface area contributed by atoms with Gasteiger partial charge in [0.1, 0.15) is 13.2 Å². The number of nitrogens with zero attached hydrogens (tertiary/aromatic N) is 1. The third-order valence-corrected chi connectivity index (χ3v) is 2.31. The molecule has 0 amide bonds. The summed E-state index contributed by atoms with van der Waals surface area (Å²) in [6.45, 7) is 12.2. The topological polar surface area (TPSA) is 66.4 Å². The van der Waals surface area contributed by atoms with Gasteiger partial charge in [0, 0.05) is 6.08 Å². The van der Waals surface area contributed by atoms with Crippen molar-refractivity contribution in [3.63, 3.8) is 0 Å². The maximum absolute atomic E-state index is 10.6. The van der Waals surface area contributed by atoms with Crippen molar-refractivity contribution >= 4 is 11.9 Å². The molecule has 104 valence electrons. The minimum absolute atomic E-state index is 0.0648. The van der Waals surface area contributed by atoms with E-state index in [1.165, 1.54) is 13.0 Å². The van der Waals surface area contributed by atoms with Crippen LogP contribution in [0.4, 0.5) is 0 Å². The molecule has 0 aliphatic carbocycles. The number of carbonyl (C=O) groups excluding carboxylic acids is 2. The Kier molecular flexibility index (Phi) is 9.80. The number of carboxylic acids is 1. The molecule has 0 spiro atoms. The van der Waals surface area contributed by atoms with Crippen LogP contribution in [0.5, 0.6) is 0 Å². The highest BCUT2D eigenvalue weighted by Crippen LogP contribution is 1.95. The number of carbonyl (C=O) groups is 2. The zero-order chi connectivity index (χ0) is 14.8. The zero-order valence-electron chi connectivity index (χ0n) is 11.7. The van der Waals surface area contributed by atoms with E-state index in [0.29, 0.717) is 6.61 Å². The van der Waals surface area contributed by atoms with Crippen LogP contribution in [0.3, 0.4) is 0 Å². The maximum atomic E-state index is 10.6. The van der Waals surface area contributed by atoms with Crippen molar-refractivity contribution in [2.45, 2.75) is 13.8 Å². The summed E-state index contributed by atoms with van der Waals surface area (Å²) >= 11 is 0. The van der Waals surface area contributed by atoms with E-state index in [4.69, 9.17) is 4.74 Å². The average molecular weight is 257 g/mol. The summed E-state index contributed by atoms with van der Waals surface area (Å²) in [6.07, 6.45) is 1.19. The third kappa shape index (κ3) is 12.4. The molecule has 18 heavy (non-hydrogen) atoms. The molecule has 0 atom stereocenters. The zero-order valence-corrected chi connectivity index (χ0v) is 11.7. The highest BCUT2D eigenvalue weighted by molar-refractivity contribution is 5.82. The van der Waals surface area contributed by atoms with Crippen LogP contribution in [-0.4, -0.2) is 50.2 Å². The Morgan fingerprint density at radius 3 is 2.11 bits per heavy atom. The van der Waals surface area contributed by atoms with Crippen molar-refractivity contribution in [2.24, 2.45) is 0 Å². The molecule has 0 aliphatic heterocycles. The van der Waals surface area contributed by atoms with Crippen molar-refractivity contribution in [3.05, 3.63) is 24.8 Å². The van der Waals surface area contributed by atoms with E-state index in [9.17, 15) is 14.7 Å². The van der Waals surface area contributed by atoms with Crippen molar-refractivity contribution in [1.82, 2.24) is 0 Å². The molecule has 0 aromatic heterocycles. The lowest BCUT2D eigenvalue weighted by atomic mass is 10.4. The van der Waals surface area contributed by atoms with E-state index >= 15 is 0 Å². The molecule has 0 aromatic rings. The van der Waals surface area contributed by atoms with Crippen LogP contribution in [0.25, 0.3) is 0 Å². The standard InChI is InChI=1S/C9H18NO2.C4H6O2/c1-5-9(11)12-8-7-10(3,4)6-2;1-3(2)4(5)6/h5H,1,6-8H2,2-4H3;1H2,2H3,(H,5,6)/q+1;/p-1. The molecule has 0 unspecified atom stereocenters. The summed E-state index contributed by atoms with van der Waals surface area (Å²) in [6, 6.07) is 0. The Morgan fingerprint density at radius 2 is 1.83 bits per heavy atom. The number of rotatable bonds is 6. The molecule has 5 heteroatoms. The minimum Gasteiger partial charge on any atom is -0.545 e. The first-order chi connectivity index (χ1) is 8.16. The molecule has 0 heterocycles. The van der Waals surface area contributed by atoms with Crippen LogP contribution in [0.15, 0.2) is 24.8 Å². The number of carboxylic acid groups (broad SMARTS) is 1. The van der Waals surface area contributed by atoms with Gasteiger partial charge >= 0.3 is 5.97 Å². The van der Waals surface area contributed by atoms with E-state index in [-0.39, 0.29) is 11.5 Å². The molecule has 0 bridgehead atoms. The Bertz CT molecular complexity index is 296. The number of ether oxygens (including phenoxy) is 1. The van der Waals surface area contributed by atoms with Gasteiger partial charge in [0.15, 0.2) is 0 Å². The summed E-state index contributed by atoms with van der Waals surface area (Å²) in [5, 5.41) is 9.49. The molecule has 0 rings (SSSR count). The van der Waals surface area contributed by atoms with Crippen LogP contribution in [0.1, 0.15) is 13.8 Å². The van der Waals surface area contributed by atoms with Gasteiger partial charge in [-0.1, -0.05) is 13.2 Å². The summed E-state index contributed by atoms with van der Waals surface area (Å²) in [5.41, 5.74) is 0.0648. The number of hydrogen-bond donors (Lipinski definition) is 0. The number of hydrogen-bond acceptors (Lipinski definition) is 4. The minimum atomic E-state index is -1.19. The van der Waals surface area contributed by atoms with Crippen LogP contribution < -0.4 is 5.11 Å². The first-order valence-corrected chi connectivity index (χ1v) is 5.64. The van der Waals surface area contributed by atoms with Gasteiger partial charge in [-0.05, 0) is 19.4 Å². The van der Waals surface area contributed by atoms with Crippen molar-refractivity contribution in [3.8, 4) is 0 Å². The Balaban J connectivity index is 0. The van der Waals surface area contributed by atoms with E-state index in [1.807, 2.05) is 0 Å². The fourth-order valence-electron chi connectivity index (χ4n) is 0.610. The maximum Gasteiger partial charge on any atom is 0.330 e. The second-order valence-corrected chi connectivity index (χ2v) is 4.41. The van der Waals surface area contributed by atoms with E-state index in [0.717, 1.165) is 17.6 Å². The van der Waals surface area contributed by atoms with Gasteiger partial charge in [-0.25, -0.2) is 4.79 Å². The molecule has 0 fully saturated rings. The quantitative estimate of drug-likeness (QED) is 0.385. The van der Waals surface area contributed by atoms with Gasteiger partial charge in [0.05, 0.1) is 26.6 Å². The van der Waals surface area contributed by atoms with Crippen LogP contribution >= 0.6 is 0 Å². The molecule has 0 radical (unpaired) electrons. The van der Waals surface area contributed by atoms with Gasteiger partial charge in [-0.15, -0.1) is 0 Å². The van der Waals surface area contributed by atoms with Gasteiger partial charge in [-0.2, -0.15) is 0 Å². The monoisotopic (exact) mass is 257 g/mol. The van der Waals surface area contributed by atoms with Gasteiger partial charge in [0.25, 0.3) is 0 Å². The highest BCUT2D eigenvalue weighted by atomic mass is 16.5. The lowest BCUT2D eigenvalue weighted by Gasteiger charge is -2.27. The van der Waals surface area contributed by atoms with Crippen molar-refractivity contribution < 1.29 is 23.9 Å². The van der Waals surface area contributed by atoms with E-state index in [1.54, 1.807) is 0 Å². The molecular formula is C13H23NO4. The molecule has 0 aromatic carbocycles. The van der Waals surface area contributed by atoms with E-state index < -0.39 is 5.97 Å². The second kappa shape index (κ2) is 9.41.